The molecule has 0 aromatic carbocycles. The number of hydrogen-bond donors (Lipinski definition) is 0. The number of thiophene rings is 1. The molecule has 3 rings (SSSR count). The van der Waals surface area contributed by atoms with Crippen LogP contribution in [0.15, 0.2) is 11.0 Å². The van der Waals surface area contributed by atoms with Gasteiger partial charge in [-0.2, -0.15) is 4.31 Å². The molecule has 0 spiro atoms. The summed E-state index contributed by atoms with van der Waals surface area (Å²) in [5.41, 5.74) is 0.299. The molecular weight excluding hydrogens is 326 g/mol. The second kappa shape index (κ2) is 4.70. The summed E-state index contributed by atoms with van der Waals surface area (Å²) < 4.78 is 28.1. The van der Waals surface area contributed by atoms with Gasteiger partial charge in [0.15, 0.2) is 0 Å². The van der Waals surface area contributed by atoms with Gasteiger partial charge in [0.2, 0.25) is 10.0 Å². The number of halogens is 1. The predicted molar refractivity (Wildman–Crippen MR) is 87.5 cm³/mol. The zero-order valence-electron chi connectivity index (χ0n) is 12.9. The van der Waals surface area contributed by atoms with Crippen LogP contribution in [0.4, 0.5) is 0 Å². The zero-order valence-corrected chi connectivity index (χ0v) is 15.3. The molecule has 2 fully saturated rings. The largest absolute Gasteiger partial charge is 0.245 e. The van der Waals surface area contributed by atoms with E-state index in [-0.39, 0.29) is 16.9 Å². The fraction of sp³-hybridized carbons (Fsp3) is 0.733. The molecular formula is C15H22ClNO2S2. The summed E-state index contributed by atoms with van der Waals surface area (Å²) >= 11 is 7.49. The van der Waals surface area contributed by atoms with Crippen molar-refractivity contribution in [2.45, 2.75) is 57.9 Å². The lowest BCUT2D eigenvalue weighted by molar-refractivity contribution is 0.133. The number of rotatable bonds is 2. The second-order valence-corrected chi connectivity index (χ2v) is 11.5. The van der Waals surface area contributed by atoms with Crippen molar-refractivity contribution in [1.82, 2.24) is 4.31 Å². The number of hydrogen-bond acceptors (Lipinski definition) is 3. The quantitative estimate of drug-likeness (QED) is 0.799. The van der Waals surface area contributed by atoms with Gasteiger partial charge in [-0.1, -0.05) is 32.4 Å². The van der Waals surface area contributed by atoms with E-state index in [1.54, 1.807) is 10.4 Å². The third-order valence-electron chi connectivity index (χ3n) is 4.73. The molecule has 0 radical (unpaired) electrons. The van der Waals surface area contributed by atoms with Crippen LogP contribution in [0.5, 0.6) is 0 Å². The van der Waals surface area contributed by atoms with Gasteiger partial charge in [-0.15, -0.1) is 11.3 Å². The van der Waals surface area contributed by atoms with E-state index in [1.807, 2.05) is 6.92 Å². The normalized spacial score (nSPS) is 32.5. The van der Waals surface area contributed by atoms with Crippen molar-refractivity contribution in [2.75, 3.05) is 6.54 Å². The highest BCUT2D eigenvalue weighted by atomic mass is 35.5. The molecule has 2 aliphatic rings. The molecule has 2 bridgehead atoms. The molecule has 118 valence electrons. The van der Waals surface area contributed by atoms with Crippen LogP contribution in [0, 0.1) is 17.8 Å². The van der Waals surface area contributed by atoms with Crippen LogP contribution >= 0.6 is 22.9 Å². The standard InChI is InChI=1S/C15H22ClNO2S2/c1-10-5-12(13(16)20-10)21(18,19)17-9-15(4)7-11(17)6-14(2,3)8-15/h5,11H,6-9H2,1-4H3. The molecule has 6 heteroatoms. The minimum Gasteiger partial charge on any atom is -0.207 e. The molecule has 2 unspecified atom stereocenters. The van der Waals surface area contributed by atoms with E-state index in [1.165, 1.54) is 11.3 Å². The lowest BCUT2D eigenvalue weighted by Crippen LogP contribution is -2.37. The summed E-state index contributed by atoms with van der Waals surface area (Å²) in [4.78, 5) is 1.23. The molecule has 0 N–H and O–H groups in total. The molecule has 2 atom stereocenters. The summed E-state index contributed by atoms with van der Waals surface area (Å²) in [7, 11) is -3.48. The molecule has 21 heavy (non-hydrogen) atoms. The Hall–Kier alpha value is -0.100. The van der Waals surface area contributed by atoms with Gasteiger partial charge in [0, 0.05) is 17.5 Å². The molecule has 1 aromatic heterocycles. The Morgan fingerprint density at radius 3 is 2.57 bits per heavy atom. The van der Waals surface area contributed by atoms with Gasteiger partial charge in [0.05, 0.1) is 0 Å². The lowest BCUT2D eigenvalue weighted by atomic mass is 9.65. The van der Waals surface area contributed by atoms with E-state index in [4.69, 9.17) is 11.6 Å². The van der Waals surface area contributed by atoms with Crippen LogP contribution in [-0.2, 0) is 10.0 Å². The Morgan fingerprint density at radius 1 is 1.33 bits per heavy atom. The van der Waals surface area contributed by atoms with E-state index in [0.29, 0.717) is 15.8 Å². The van der Waals surface area contributed by atoms with Crippen molar-refractivity contribution < 1.29 is 8.42 Å². The van der Waals surface area contributed by atoms with Crippen molar-refractivity contribution in [3.63, 3.8) is 0 Å². The van der Waals surface area contributed by atoms with Crippen LogP contribution in [-0.4, -0.2) is 25.3 Å². The molecule has 1 saturated carbocycles. The van der Waals surface area contributed by atoms with Gasteiger partial charge in [-0.3, -0.25) is 0 Å². The highest BCUT2D eigenvalue weighted by molar-refractivity contribution is 7.89. The smallest absolute Gasteiger partial charge is 0.207 e. The zero-order chi connectivity index (χ0) is 15.6. The van der Waals surface area contributed by atoms with E-state index < -0.39 is 10.0 Å². The SMILES string of the molecule is Cc1cc(S(=O)(=O)N2CC3(C)CC2CC(C)(C)C3)c(Cl)s1. The molecule has 1 saturated heterocycles. The van der Waals surface area contributed by atoms with Crippen LogP contribution in [0.25, 0.3) is 0 Å². The summed E-state index contributed by atoms with van der Waals surface area (Å²) in [5, 5.41) is 0. The van der Waals surface area contributed by atoms with E-state index in [9.17, 15) is 8.42 Å². The van der Waals surface area contributed by atoms with Gasteiger partial charge in [-0.25, -0.2) is 8.42 Å². The lowest BCUT2D eigenvalue weighted by Gasteiger charge is -2.39. The Morgan fingerprint density at radius 2 is 2.00 bits per heavy atom. The first kappa shape index (κ1) is 15.8. The number of fused-ring (bicyclic) bond motifs is 2. The average Bonchev–Trinajstić information content (AvgIpc) is 2.75. The van der Waals surface area contributed by atoms with Crippen LogP contribution < -0.4 is 0 Å². The molecule has 1 aliphatic heterocycles. The Bertz CT molecular complexity index is 680. The van der Waals surface area contributed by atoms with Crippen LogP contribution in [0.1, 0.15) is 44.9 Å². The summed E-state index contributed by atoms with van der Waals surface area (Å²) in [5.74, 6) is 0. The summed E-state index contributed by atoms with van der Waals surface area (Å²) in [6, 6.07) is 1.82. The van der Waals surface area contributed by atoms with Gasteiger partial charge in [0.1, 0.15) is 9.23 Å². The minimum atomic E-state index is -3.48. The Labute approximate surface area is 136 Å². The van der Waals surface area contributed by atoms with Crippen molar-refractivity contribution in [2.24, 2.45) is 10.8 Å². The third kappa shape index (κ3) is 2.67. The van der Waals surface area contributed by atoms with E-state index in [2.05, 4.69) is 20.8 Å². The fourth-order valence-electron chi connectivity index (χ4n) is 4.45. The minimum absolute atomic E-state index is 0.0943. The maximum absolute atomic E-state index is 13.0. The van der Waals surface area contributed by atoms with Crippen LogP contribution in [0.3, 0.4) is 0 Å². The fourth-order valence-corrected chi connectivity index (χ4v) is 8.10. The molecule has 2 heterocycles. The van der Waals surface area contributed by atoms with E-state index in [0.717, 1.165) is 24.1 Å². The first-order chi connectivity index (χ1) is 9.52. The van der Waals surface area contributed by atoms with Crippen molar-refractivity contribution in [1.29, 1.82) is 0 Å². The van der Waals surface area contributed by atoms with E-state index >= 15 is 0 Å². The maximum atomic E-state index is 13.0. The predicted octanol–water partition coefficient (Wildman–Crippen LogP) is 4.30. The number of sulfonamides is 1. The van der Waals surface area contributed by atoms with Crippen molar-refractivity contribution >= 4 is 33.0 Å². The first-order valence-corrected chi connectivity index (χ1v) is 9.94. The average molecular weight is 348 g/mol. The van der Waals surface area contributed by atoms with Crippen molar-refractivity contribution in [3.05, 3.63) is 15.3 Å². The van der Waals surface area contributed by atoms with Gasteiger partial charge in [-0.05, 0) is 43.1 Å². The molecule has 0 amide bonds. The third-order valence-corrected chi connectivity index (χ3v) is 8.17. The number of aryl methyl sites for hydroxylation is 1. The maximum Gasteiger partial charge on any atom is 0.245 e. The topological polar surface area (TPSA) is 37.4 Å². The molecule has 3 nitrogen and oxygen atoms in total. The monoisotopic (exact) mass is 347 g/mol. The highest BCUT2D eigenvalue weighted by Crippen LogP contribution is 2.54. The Kier molecular flexibility index (Phi) is 3.53. The second-order valence-electron chi connectivity index (χ2n) is 7.76. The number of nitrogens with zero attached hydrogens (tertiary/aromatic N) is 1. The van der Waals surface area contributed by atoms with Crippen molar-refractivity contribution in [3.8, 4) is 0 Å². The van der Waals surface area contributed by atoms with Crippen LogP contribution in [0.2, 0.25) is 4.34 Å². The van der Waals surface area contributed by atoms with Gasteiger partial charge in [0.25, 0.3) is 0 Å². The molecule has 1 aliphatic carbocycles. The Balaban J connectivity index is 2.00. The molecule has 1 aromatic rings. The van der Waals surface area contributed by atoms with Gasteiger partial charge >= 0.3 is 0 Å². The first-order valence-electron chi connectivity index (χ1n) is 7.30. The summed E-state index contributed by atoms with van der Waals surface area (Å²) in [6.07, 6.45) is 2.98. The summed E-state index contributed by atoms with van der Waals surface area (Å²) in [6.45, 7) is 9.22. The highest BCUT2D eigenvalue weighted by Gasteiger charge is 2.53. The van der Waals surface area contributed by atoms with Gasteiger partial charge < -0.3 is 0 Å².